The minimum absolute atomic E-state index is 0.0464. The molecule has 2 amide bonds. The quantitative estimate of drug-likeness (QED) is 0.324. The van der Waals surface area contributed by atoms with Crippen molar-refractivity contribution in [1.82, 2.24) is 24.6 Å². The smallest absolute Gasteiger partial charge is 0.282 e. The highest BCUT2D eigenvalue weighted by Gasteiger charge is 2.38. The second-order valence-corrected chi connectivity index (χ2v) is 13.1. The van der Waals surface area contributed by atoms with Gasteiger partial charge in [0.25, 0.3) is 18.8 Å². The van der Waals surface area contributed by atoms with Crippen LogP contribution in [0.5, 0.6) is 0 Å². The van der Waals surface area contributed by atoms with E-state index in [0.29, 0.717) is 27.9 Å². The average Bonchev–Trinajstić information content (AvgIpc) is 3.64. The van der Waals surface area contributed by atoms with E-state index in [1.807, 2.05) is 12.1 Å². The molecule has 0 N–H and O–H groups in total. The molecular weight excluding hydrogens is 594 g/mol. The number of carbonyl (C=O) groups excluding carboxylic acids is 2. The lowest BCUT2D eigenvalue weighted by Gasteiger charge is -2.36. The van der Waals surface area contributed by atoms with Crippen molar-refractivity contribution in [3.05, 3.63) is 68.9 Å². The highest BCUT2D eigenvalue weighted by atomic mass is 32.2. The van der Waals surface area contributed by atoms with Crippen LogP contribution in [0.25, 0.3) is 0 Å². The second kappa shape index (κ2) is 12.6. The van der Waals surface area contributed by atoms with Gasteiger partial charge in [-0.25, -0.2) is 22.5 Å². The zero-order chi connectivity index (χ0) is 30.1. The molecule has 4 atom stereocenters. The second-order valence-electron chi connectivity index (χ2n) is 10.6. The molecule has 0 spiro atoms. The number of benzene rings is 1. The summed E-state index contributed by atoms with van der Waals surface area (Å²) in [6, 6.07) is 8.69. The molecule has 4 unspecified atom stereocenters. The van der Waals surface area contributed by atoms with Gasteiger partial charge in [-0.15, -0.1) is 11.3 Å². The Labute approximate surface area is 247 Å². The van der Waals surface area contributed by atoms with E-state index in [2.05, 4.69) is 22.2 Å². The topological polar surface area (TPSA) is 88.4 Å². The Morgan fingerprint density at radius 1 is 1.17 bits per heavy atom. The number of likely N-dealkylation sites (tertiary alicyclic amines) is 1. The normalized spacial score (nSPS) is 21.4. The van der Waals surface area contributed by atoms with Crippen LogP contribution in [-0.4, -0.2) is 72.2 Å². The van der Waals surface area contributed by atoms with Gasteiger partial charge in [-0.1, -0.05) is 24.3 Å². The Bertz CT molecular complexity index is 1480. The summed E-state index contributed by atoms with van der Waals surface area (Å²) < 4.78 is 66.2. The number of fused-ring (bicyclic) bond motifs is 1. The van der Waals surface area contributed by atoms with Crippen LogP contribution >= 0.6 is 11.3 Å². The van der Waals surface area contributed by atoms with E-state index >= 15 is 0 Å². The predicted molar refractivity (Wildman–Crippen MR) is 150 cm³/mol. The number of thiazole rings is 1. The molecule has 0 saturated carbocycles. The van der Waals surface area contributed by atoms with E-state index in [9.17, 15) is 31.4 Å². The van der Waals surface area contributed by atoms with Crippen LogP contribution in [0.3, 0.4) is 0 Å². The van der Waals surface area contributed by atoms with Gasteiger partial charge in [-0.3, -0.25) is 18.5 Å². The van der Waals surface area contributed by atoms with Crippen molar-refractivity contribution >= 4 is 34.0 Å². The molecule has 5 rings (SSSR count). The summed E-state index contributed by atoms with van der Waals surface area (Å²) >= 11 is 1.31. The first-order valence-corrected chi connectivity index (χ1v) is 16.1. The van der Waals surface area contributed by atoms with Crippen molar-refractivity contribution in [2.24, 2.45) is 0 Å². The third kappa shape index (κ3) is 6.14. The summed E-state index contributed by atoms with van der Waals surface area (Å²) in [5, 5.41) is 5.34. The summed E-state index contributed by atoms with van der Waals surface area (Å²) in [6.07, 6.45) is -1.37. The van der Waals surface area contributed by atoms with Crippen LogP contribution in [0.2, 0.25) is 0 Å². The Morgan fingerprint density at radius 3 is 2.64 bits per heavy atom. The lowest BCUT2D eigenvalue weighted by molar-refractivity contribution is -0.133. The van der Waals surface area contributed by atoms with Crippen molar-refractivity contribution in [2.45, 2.75) is 62.3 Å². The Kier molecular flexibility index (Phi) is 9.11. The zero-order valence-electron chi connectivity index (χ0n) is 23.1. The molecule has 0 radical (unpaired) electrons. The van der Waals surface area contributed by atoms with Crippen LogP contribution in [-0.2, 0) is 28.6 Å². The molecule has 1 aliphatic heterocycles. The number of carbonyl (C=O) groups is 2. The number of hydrogen-bond acceptors (Lipinski definition) is 6. The van der Waals surface area contributed by atoms with Gasteiger partial charge in [-0.2, -0.15) is 5.10 Å². The average molecular weight is 626 g/mol. The highest BCUT2D eigenvalue weighted by molar-refractivity contribution is 7.85. The Morgan fingerprint density at radius 2 is 1.93 bits per heavy atom. The predicted octanol–water partition coefficient (Wildman–Crippen LogP) is 5.13. The molecule has 1 aromatic carbocycles. The molecule has 3 heterocycles. The first-order chi connectivity index (χ1) is 20.0. The van der Waals surface area contributed by atoms with E-state index in [4.69, 9.17) is 0 Å². The number of aromatic nitrogens is 3. The van der Waals surface area contributed by atoms with Crippen LogP contribution in [0, 0.1) is 0 Å². The molecule has 1 saturated heterocycles. The number of amides is 2. The van der Waals surface area contributed by atoms with Gasteiger partial charge in [-0.05, 0) is 42.9 Å². The fourth-order valence-corrected chi connectivity index (χ4v) is 8.06. The maximum atomic E-state index is 13.4. The highest BCUT2D eigenvalue weighted by Crippen LogP contribution is 2.36. The van der Waals surface area contributed by atoms with Gasteiger partial charge in [0.05, 0.1) is 16.3 Å². The molecular formula is C28H31F4N5O3S2. The van der Waals surface area contributed by atoms with Gasteiger partial charge < -0.3 is 9.80 Å². The number of nitrogens with zero attached hydrogens (tertiary/aromatic N) is 5. The molecule has 8 nitrogen and oxygen atoms in total. The fourth-order valence-electron chi connectivity index (χ4n) is 5.86. The van der Waals surface area contributed by atoms with Crippen molar-refractivity contribution in [2.75, 3.05) is 26.4 Å². The van der Waals surface area contributed by atoms with Crippen molar-refractivity contribution < 1.29 is 31.4 Å². The standard InChI is InChI=1S/C28H31F4N5O3S2/c1-35(21-9-5-7-16-6-3-4-8-17(16)21)28(39)20-15-41-27(33-20)18-10-11-36(13-23(18)42(2)40)24(38)14-37-22(26(31)32)12-19(34-37)25(29)30/h3-4,6,8,12,15,18,21,23,25-26H,5,7,9-11,13-14H2,1-2H3. The van der Waals surface area contributed by atoms with Crippen LogP contribution < -0.4 is 0 Å². The summed E-state index contributed by atoms with van der Waals surface area (Å²) in [4.78, 5) is 34.2. The molecule has 0 bridgehead atoms. The van der Waals surface area contributed by atoms with Gasteiger partial charge >= 0.3 is 0 Å². The first-order valence-electron chi connectivity index (χ1n) is 13.6. The summed E-state index contributed by atoms with van der Waals surface area (Å²) in [6.45, 7) is -0.334. The van der Waals surface area contributed by atoms with Crippen LogP contribution in [0.4, 0.5) is 17.6 Å². The van der Waals surface area contributed by atoms with Crippen molar-refractivity contribution in [1.29, 1.82) is 0 Å². The molecule has 14 heteroatoms. The summed E-state index contributed by atoms with van der Waals surface area (Å²) in [5.74, 6) is -1.06. The van der Waals surface area contributed by atoms with E-state index in [0.717, 1.165) is 24.8 Å². The van der Waals surface area contributed by atoms with Gasteiger partial charge in [0, 0.05) is 48.5 Å². The molecule has 3 aromatic rings. The lowest BCUT2D eigenvalue weighted by atomic mass is 9.87. The SMILES string of the molecule is CN(C(=O)c1csc(C2CCN(C(=O)Cn3nc(C(F)F)cc3C(F)F)CC2S(C)=O)n1)C1CCCc2ccccc21. The minimum Gasteiger partial charge on any atom is -0.340 e. The number of piperidine rings is 1. The lowest BCUT2D eigenvalue weighted by Crippen LogP contribution is -2.48. The van der Waals surface area contributed by atoms with Crippen molar-refractivity contribution in [3.63, 3.8) is 0 Å². The van der Waals surface area contributed by atoms with Crippen LogP contribution in [0.1, 0.15) is 82.1 Å². The van der Waals surface area contributed by atoms with Crippen LogP contribution in [0.15, 0.2) is 35.7 Å². The molecule has 2 aromatic heterocycles. The third-order valence-corrected chi connectivity index (χ3v) is 10.4. The number of halogens is 4. The molecule has 42 heavy (non-hydrogen) atoms. The fraction of sp³-hybridized carbons (Fsp3) is 0.500. The molecule has 2 aliphatic rings. The Hall–Kier alpha value is -3.13. The van der Waals surface area contributed by atoms with E-state index in [1.54, 1.807) is 17.3 Å². The number of hydrogen-bond donors (Lipinski definition) is 0. The molecule has 226 valence electrons. The first kappa shape index (κ1) is 30.3. The number of aryl methyl sites for hydroxylation is 1. The largest absolute Gasteiger partial charge is 0.340 e. The van der Waals surface area contributed by atoms with E-state index in [-0.39, 0.29) is 31.0 Å². The third-order valence-electron chi connectivity index (χ3n) is 8.08. The van der Waals surface area contributed by atoms with E-state index < -0.39 is 52.7 Å². The Balaban J connectivity index is 1.28. The van der Waals surface area contributed by atoms with Gasteiger partial charge in [0.2, 0.25) is 5.91 Å². The number of alkyl halides is 4. The monoisotopic (exact) mass is 625 g/mol. The molecule has 1 aliphatic carbocycles. The summed E-state index contributed by atoms with van der Waals surface area (Å²) in [5.41, 5.74) is 1.12. The summed E-state index contributed by atoms with van der Waals surface area (Å²) in [7, 11) is 0.400. The molecule has 1 fully saturated rings. The van der Waals surface area contributed by atoms with Gasteiger partial charge in [0.15, 0.2) is 0 Å². The van der Waals surface area contributed by atoms with Gasteiger partial charge in [0.1, 0.15) is 23.6 Å². The minimum atomic E-state index is -3.08. The maximum absolute atomic E-state index is 13.4. The zero-order valence-corrected chi connectivity index (χ0v) is 24.7. The maximum Gasteiger partial charge on any atom is 0.282 e. The van der Waals surface area contributed by atoms with E-state index in [1.165, 1.54) is 28.1 Å². The van der Waals surface area contributed by atoms with Crippen molar-refractivity contribution in [3.8, 4) is 0 Å². The number of rotatable bonds is 8.